The number of hydrogen-bond acceptors (Lipinski definition) is 6. The maximum Gasteiger partial charge on any atom is 0.330 e. The molecule has 0 aliphatic carbocycles. The van der Waals surface area contributed by atoms with Gasteiger partial charge in [0.25, 0.3) is 0 Å². The highest BCUT2D eigenvalue weighted by Gasteiger charge is 2.18. The summed E-state index contributed by atoms with van der Waals surface area (Å²) in [7, 11) is 2.94. The summed E-state index contributed by atoms with van der Waals surface area (Å²) in [6, 6.07) is 7.54. The van der Waals surface area contributed by atoms with Crippen molar-refractivity contribution in [3.63, 3.8) is 0 Å². The Hall–Kier alpha value is -2.41. The number of aliphatic hydroxyl groups is 1. The lowest BCUT2D eigenvalue weighted by Crippen LogP contribution is -2.27. The first-order valence-electron chi connectivity index (χ1n) is 9.64. The Labute approximate surface area is 172 Å². The lowest BCUT2D eigenvalue weighted by Gasteiger charge is -2.22. The first-order chi connectivity index (χ1) is 14.0. The molecular formula is C23H30O6. The van der Waals surface area contributed by atoms with Crippen LogP contribution in [-0.2, 0) is 25.6 Å². The number of hydrogen-bond donors (Lipinski definition) is 1. The highest BCUT2D eigenvalue weighted by atomic mass is 16.5. The zero-order valence-corrected chi connectivity index (χ0v) is 17.2. The van der Waals surface area contributed by atoms with Crippen LogP contribution in [0.1, 0.15) is 25.3 Å². The summed E-state index contributed by atoms with van der Waals surface area (Å²) in [5, 5.41) is 10.6. The van der Waals surface area contributed by atoms with E-state index in [0.717, 1.165) is 17.7 Å². The van der Waals surface area contributed by atoms with Gasteiger partial charge in [-0.3, -0.25) is 0 Å². The van der Waals surface area contributed by atoms with Crippen LogP contribution in [0.15, 0.2) is 60.2 Å². The van der Waals surface area contributed by atoms with Crippen LogP contribution in [0.25, 0.3) is 0 Å². The van der Waals surface area contributed by atoms with E-state index >= 15 is 0 Å². The third kappa shape index (κ3) is 8.23. The molecule has 1 aliphatic rings. The van der Waals surface area contributed by atoms with Gasteiger partial charge in [-0.05, 0) is 37.5 Å². The van der Waals surface area contributed by atoms with E-state index in [-0.39, 0.29) is 6.10 Å². The molecule has 0 fully saturated rings. The molecule has 1 aliphatic heterocycles. The number of esters is 1. The van der Waals surface area contributed by atoms with Gasteiger partial charge in [0, 0.05) is 6.08 Å². The highest BCUT2D eigenvalue weighted by molar-refractivity contribution is 5.81. The molecule has 6 heteroatoms. The quantitative estimate of drug-likeness (QED) is 0.368. The normalized spacial score (nSPS) is 19.2. The molecule has 0 radical (unpaired) electrons. The first kappa shape index (κ1) is 22.9. The Morgan fingerprint density at radius 1 is 1.31 bits per heavy atom. The van der Waals surface area contributed by atoms with Crippen LogP contribution in [-0.4, -0.2) is 50.2 Å². The molecular weight excluding hydrogens is 372 g/mol. The molecule has 0 bridgehead atoms. The zero-order valence-electron chi connectivity index (χ0n) is 17.2. The first-order valence-corrected chi connectivity index (χ1v) is 9.64. The van der Waals surface area contributed by atoms with Crippen molar-refractivity contribution in [3.8, 4) is 5.75 Å². The van der Waals surface area contributed by atoms with Crippen molar-refractivity contribution in [3.05, 3.63) is 65.8 Å². The molecule has 6 nitrogen and oxygen atoms in total. The smallest absolute Gasteiger partial charge is 0.330 e. The molecule has 158 valence electrons. The SMILES string of the molecule is COC(=O)C=CC[C@H](OCc1ccc(OC)cc1)[C@@H](O)C=C[C@@H]1CC(C)=CCO1. The zero-order chi connectivity index (χ0) is 21.1. The minimum atomic E-state index is -0.842. The third-order valence-corrected chi connectivity index (χ3v) is 4.62. The maximum absolute atomic E-state index is 11.3. The van der Waals surface area contributed by atoms with Gasteiger partial charge in [-0.15, -0.1) is 0 Å². The molecule has 2 rings (SSSR count). The van der Waals surface area contributed by atoms with Crippen LogP contribution in [0.3, 0.4) is 0 Å². The Morgan fingerprint density at radius 2 is 2.07 bits per heavy atom. The van der Waals surface area contributed by atoms with Gasteiger partial charge in [0.2, 0.25) is 0 Å². The second-order valence-corrected chi connectivity index (χ2v) is 6.86. The van der Waals surface area contributed by atoms with Gasteiger partial charge in [0.1, 0.15) is 5.75 Å². The molecule has 29 heavy (non-hydrogen) atoms. The van der Waals surface area contributed by atoms with Crippen molar-refractivity contribution in [2.45, 2.75) is 44.7 Å². The number of benzene rings is 1. The molecule has 1 N–H and O–H groups in total. The summed E-state index contributed by atoms with van der Waals surface area (Å²) in [6.07, 6.45) is 8.36. The number of rotatable bonds is 10. The number of aliphatic hydroxyl groups excluding tert-OH is 1. The average Bonchev–Trinajstić information content (AvgIpc) is 2.74. The molecule has 0 spiro atoms. The van der Waals surface area contributed by atoms with E-state index in [4.69, 9.17) is 14.2 Å². The van der Waals surface area contributed by atoms with Gasteiger partial charge >= 0.3 is 5.97 Å². The van der Waals surface area contributed by atoms with Crippen molar-refractivity contribution in [1.82, 2.24) is 0 Å². The van der Waals surface area contributed by atoms with Gasteiger partial charge in [-0.2, -0.15) is 0 Å². The van der Waals surface area contributed by atoms with E-state index in [1.807, 2.05) is 30.3 Å². The summed E-state index contributed by atoms with van der Waals surface area (Å²) >= 11 is 0. The molecule has 1 heterocycles. The van der Waals surface area contributed by atoms with E-state index in [1.165, 1.54) is 18.8 Å². The van der Waals surface area contributed by atoms with Crippen LogP contribution in [0.2, 0.25) is 0 Å². The molecule has 0 aromatic heterocycles. The Balaban J connectivity index is 1.99. The van der Waals surface area contributed by atoms with Gasteiger partial charge in [-0.25, -0.2) is 4.79 Å². The van der Waals surface area contributed by atoms with E-state index in [1.54, 1.807) is 19.3 Å². The van der Waals surface area contributed by atoms with Crippen molar-refractivity contribution >= 4 is 5.97 Å². The fourth-order valence-corrected chi connectivity index (χ4v) is 2.86. The fourth-order valence-electron chi connectivity index (χ4n) is 2.86. The van der Waals surface area contributed by atoms with Gasteiger partial charge in [0.05, 0.1) is 45.7 Å². The van der Waals surface area contributed by atoms with Crippen LogP contribution in [0.4, 0.5) is 0 Å². The number of carbonyl (C=O) groups excluding carboxylic acids is 1. The lowest BCUT2D eigenvalue weighted by atomic mass is 10.0. The minimum absolute atomic E-state index is 0.0532. The summed E-state index contributed by atoms with van der Waals surface area (Å²) in [4.78, 5) is 11.3. The molecule has 1 aromatic carbocycles. The minimum Gasteiger partial charge on any atom is -0.497 e. The largest absolute Gasteiger partial charge is 0.497 e. The molecule has 0 amide bonds. The van der Waals surface area contributed by atoms with Crippen molar-refractivity contribution < 1.29 is 28.8 Å². The van der Waals surface area contributed by atoms with Crippen LogP contribution in [0, 0.1) is 0 Å². The monoisotopic (exact) mass is 402 g/mol. The van der Waals surface area contributed by atoms with Gasteiger partial charge in [0.15, 0.2) is 0 Å². The molecule has 3 atom stereocenters. The second kappa shape index (κ2) is 12.2. The number of carbonyl (C=O) groups is 1. The lowest BCUT2D eigenvalue weighted by molar-refractivity contribution is -0.134. The van der Waals surface area contributed by atoms with Gasteiger partial charge < -0.3 is 24.1 Å². The summed E-state index contributed by atoms with van der Waals surface area (Å²) in [5.74, 6) is 0.327. The maximum atomic E-state index is 11.3. The predicted octanol–water partition coefficient (Wildman–Crippen LogP) is 3.35. The Morgan fingerprint density at radius 3 is 2.72 bits per heavy atom. The number of ether oxygens (including phenoxy) is 4. The Kier molecular flexibility index (Phi) is 9.64. The van der Waals surface area contributed by atoms with Crippen molar-refractivity contribution in [1.29, 1.82) is 0 Å². The standard InChI is InChI=1S/C23H30O6/c1-17-13-14-28-20(15-17)11-12-21(24)22(5-4-6-23(25)27-3)29-16-18-7-9-19(26-2)10-8-18/h4,6-13,20-22,24H,5,14-16H2,1-3H3/t20-,21+,22+/m1/s1. The summed E-state index contributed by atoms with van der Waals surface area (Å²) < 4.78 is 21.4. The Bertz CT molecular complexity index is 719. The predicted molar refractivity (Wildman–Crippen MR) is 111 cm³/mol. The van der Waals surface area contributed by atoms with Crippen molar-refractivity contribution in [2.24, 2.45) is 0 Å². The second-order valence-electron chi connectivity index (χ2n) is 6.86. The van der Waals surface area contributed by atoms with Crippen LogP contribution in [0.5, 0.6) is 5.75 Å². The van der Waals surface area contributed by atoms with E-state index < -0.39 is 18.2 Å². The third-order valence-electron chi connectivity index (χ3n) is 4.62. The molecule has 0 unspecified atom stereocenters. The average molecular weight is 402 g/mol. The molecule has 0 saturated heterocycles. The molecule has 0 saturated carbocycles. The number of methoxy groups -OCH3 is 2. The topological polar surface area (TPSA) is 74.2 Å². The molecule has 1 aromatic rings. The van der Waals surface area contributed by atoms with Gasteiger partial charge in [-0.1, -0.05) is 42.0 Å². The highest BCUT2D eigenvalue weighted by Crippen LogP contribution is 2.18. The van der Waals surface area contributed by atoms with Crippen LogP contribution >= 0.6 is 0 Å². The fraction of sp³-hybridized carbons (Fsp3) is 0.435. The van der Waals surface area contributed by atoms with E-state index in [9.17, 15) is 9.90 Å². The van der Waals surface area contributed by atoms with Crippen molar-refractivity contribution in [2.75, 3.05) is 20.8 Å². The van der Waals surface area contributed by atoms with Crippen LogP contribution < -0.4 is 4.74 Å². The van der Waals surface area contributed by atoms with E-state index in [2.05, 4.69) is 17.7 Å². The van der Waals surface area contributed by atoms with E-state index in [0.29, 0.717) is 19.6 Å². The summed E-state index contributed by atoms with van der Waals surface area (Å²) in [6.45, 7) is 2.97. The summed E-state index contributed by atoms with van der Waals surface area (Å²) in [5.41, 5.74) is 2.23.